The van der Waals surface area contributed by atoms with Crippen molar-refractivity contribution in [3.63, 3.8) is 0 Å². The molecule has 0 heterocycles. The van der Waals surface area contributed by atoms with Gasteiger partial charge >= 0.3 is 0 Å². The second-order valence-corrected chi connectivity index (χ2v) is 8.98. The molecule has 0 amide bonds. The fraction of sp³-hybridized carbons (Fsp3) is 0. The second kappa shape index (κ2) is 9.90. The smallest absolute Gasteiger partial charge is 0.00992 e. The van der Waals surface area contributed by atoms with E-state index in [2.05, 4.69) is 158 Å². The first-order valence-corrected chi connectivity index (χ1v) is 12.4. The molecular weight excluding hydrogens is 432 g/mol. The van der Waals surface area contributed by atoms with Gasteiger partial charge in [0, 0.05) is 0 Å². The van der Waals surface area contributed by atoms with Gasteiger partial charge in [0.2, 0.25) is 0 Å². The van der Waals surface area contributed by atoms with Gasteiger partial charge in [0.05, 0.1) is 0 Å². The van der Waals surface area contributed by atoms with Gasteiger partial charge in [-0.05, 0) is 55.6 Å². The molecule has 0 heteroatoms. The highest BCUT2D eigenvalue weighted by Gasteiger charge is 2.12. The van der Waals surface area contributed by atoms with Gasteiger partial charge in [-0.3, -0.25) is 0 Å². The number of hydrogen-bond acceptors (Lipinski definition) is 0. The van der Waals surface area contributed by atoms with Crippen LogP contribution in [0.1, 0.15) is 0 Å². The molecule has 0 unspecified atom stereocenters. The standard InChI is InChI=1S/C36H26/c1-3-11-27(12-4-1)29-19-23-31(24-20-29)33-15-7-9-17-35(33)36-18-10-8-16-34(36)32-25-21-30(22-26-32)28-13-5-2-6-14-28/h1-26H. The second-order valence-electron chi connectivity index (χ2n) is 8.98. The lowest BCUT2D eigenvalue weighted by Crippen LogP contribution is -1.89. The van der Waals surface area contributed by atoms with Crippen molar-refractivity contribution in [3.05, 3.63) is 158 Å². The van der Waals surface area contributed by atoms with Crippen LogP contribution in [-0.2, 0) is 0 Å². The van der Waals surface area contributed by atoms with E-state index in [0.717, 1.165) is 0 Å². The van der Waals surface area contributed by atoms with Gasteiger partial charge in [-0.1, -0.05) is 158 Å². The van der Waals surface area contributed by atoms with Crippen LogP contribution in [-0.4, -0.2) is 0 Å². The molecule has 0 fully saturated rings. The third-order valence-corrected chi connectivity index (χ3v) is 6.75. The Kier molecular flexibility index (Phi) is 6.00. The number of hydrogen-bond donors (Lipinski definition) is 0. The van der Waals surface area contributed by atoms with Crippen LogP contribution >= 0.6 is 0 Å². The quantitative estimate of drug-likeness (QED) is 0.241. The van der Waals surface area contributed by atoms with Crippen molar-refractivity contribution < 1.29 is 0 Å². The van der Waals surface area contributed by atoms with Gasteiger partial charge in [0.25, 0.3) is 0 Å². The van der Waals surface area contributed by atoms with E-state index in [9.17, 15) is 0 Å². The fourth-order valence-electron chi connectivity index (χ4n) is 4.89. The predicted molar refractivity (Wildman–Crippen MR) is 154 cm³/mol. The lowest BCUT2D eigenvalue weighted by Gasteiger charge is -2.15. The van der Waals surface area contributed by atoms with Crippen LogP contribution in [0.15, 0.2) is 158 Å². The van der Waals surface area contributed by atoms with E-state index >= 15 is 0 Å². The Balaban J connectivity index is 1.39. The van der Waals surface area contributed by atoms with Crippen LogP contribution in [0.3, 0.4) is 0 Å². The zero-order chi connectivity index (χ0) is 24.2. The normalized spacial score (nSPS) is 10.8. The van der Waals surface area contributed by atoms with E-state index in [1.54, 1.807) is 0 Å². The maximum absolute atomic E-state index is 2.23. The molecule has 0 aliphatic rings. The zero-order valence-corrected chi connectivity index (χ0v) is 20.0. The van der Waals surface area contributed by atoms with Gasteiger partial charge in [-0.15, -0.1) is 0 Å². The summed E-state index contributed by atoms with van der Waals surface area (Å²) in [6, 6.07) is 56.3. The highest BCUT2D eigenvalue weighted by Crippen LogP contribution is 2.39. The van der Waals surface area contributed by atoms with Crippen molar-refractivity contribution in [3.8, 4) is 55.6 Å². The molecular formula is C36H26. The van der Waals surface area contributed by atoms with Crippen LogP contribution in [0.5, 0.6) is 0 Å². The first-order valence-electron chi connectivity index (χ1n) is 12.4. The van der Waals surface area contributed by atoms with Crippen molar-refractivity contribution in [2.24, 2.45) is 0 Å². The molecule has 0 aliphatic carbocycles. The average Bonchev–Trinajstić information content (AvgIpc) is 2.98. The molecule has 6 aromatic carbocycles. The van der Waals surface area contributed by atoms with Crippen LogP contribution < -0.4 is 0 Å². The van der Waals surface area contributed by atoms with Gasteiger partial charge < -0.3 is 0 Å². The Hall–Kier alpha value is -4.68. The van der Waals surface area contributed by atoms with Crippen LogP contribution in [0.25, 0.3) is 55.6 Å². The molecule has 0 saturated carbocycles. The summed E-state index contributed by atoms with van der Waals surface area (Å²) in [6.45, 7) is 0. The van der Waals surface area contributed by atoms with Crippen molar-refractivity contribution in [2.45, 2.75) is 0 Å². The van der Waals surface area contributed by atoms with Crippen molar-refractivity contribution in [1.82, 2.24) is 0 Å². The predicted octanol–water partition coefficient (Wildman–Crippen LogP) is 10.0. The van der Waals surface area contributed by atoms with Gasteiger partial charge in [-0.25, -0.2) is 0 Å². The first kappa shape index (κ1) is 21.8. The lowest BCUT2D eigenvalue weighted by molar-refractivity contribution is 1.55. The Morgan fingerprint density at radius 1 is 0.167 bits per heavy atom. The van der Waals surface area contributed by atoms with Crippen molar-refractivity contribution in [1.29, 1.82) is 0 Å². The topological polar surface area (TPSA) is 0 Å². The Morgan fingerprint density at radius 3 is 0.778 bits per heavy atom. The van der Waals surface area contributed by atoms with Crippen LogP contribution in [0.4, 0.5) is 0 Å². The average molecular weight is 459 g/mol. The highest BCUT2D eigenvalue weighted by molar-refractivity contribution is 5.92. The zero-order valence-electron chi connectivity index (χ0n) is 20.0. The third kappa shape index (κ3) is 4.37. The minimum Gasteiger partial charge on any atom is -0.0622 e. The maximum Gasteiger partial charge on any atom is -0.00992 e. The third-order valence-electron chi connectivity index (χ3n) is 6.75. The van der Waals surface area contributed by atoms with E-state index in [1.165, 1.54) is 55.6 Å². The largest absolute Gasteiger partial charge is 0.0622 e. The molecule has 0 spiro atoms. The molecule has 170 valence electrons. The van der Waals surface area contributed by atoms with E-state index in [4.69, 9.17) is 0 Å². The van der Waals surface area contributed by atoms with E-state index in [-0.39, 0.29) is 0 Å². The molecule has 0 atom stereocenters. The summed E-state index contributed by atoms with van der Waals surface area (Å²) < 4.78 is 0. The van der Waals surface area contributed by atoms with Crippen molar-refractivity contribution >= 4 is 0 Å². The molecule has 0 N–H and O–H groups in total. The fourth-order valence-corrected chi connectivity index (χ4v) is 4.89. The molecule has 0 saturated heterocycles. The Bertz CT molecular complexity index is 1450. The molecule has 0 aliphatic heterocycles. The number of benzene rings is 6. The highest BCUT2D eigenvalue weighted by atomic mass is 14.2. The molecule has 0 bridgehead atoms. The Morgan fingerprint density at radius 2 is 0.417 bits per heavy atom. The first-order chi connectivity index (χ1) is 17.9. The summed E-state index contributed by atoms with van der Waals surface area (Å²) in [4.78, 5) is 0. The summed E-state index contributed by atoms with van der Waals surface area (Å²) in [5.74, 6) is 0. The van der Waals surface area contributed by atoms with E-state index in [1.807, 2.05) is 0 Å². The SMILES string of the molecule is c1ccc(-c2ccc(-c3ccccc3-c3ccccc3-c3ccc(-c4ccccc4)cc3)cc2)cc1. The monoisotopic (exact) mass is 458 g/mol. The van der Waals surface area contributed by atoms with Crippen molar-refractivity contribution in [2.75, 3.05) is 0 Å². The van der Waals surface area contributed by atoms with E-state index < -0.39 is 0 Å². The molecule has 0 nitrogen and oxygen atoms in total. The minimum atomic E-state index is 1.22. The lowest BCUT2D eigenvalue weighted by atomic mass is 9.88. The molecule has 0 aromatic heterocycles. The summed E-state index contributed by atoms with van der Waals surface area (Å²) >= 11 is 0. The molecule has 6 aromatic rings. The maximum atomic E-state index is 2.23. The van der Waals surface area contributed by atoms with Gasteiger partial charge in [-0.2, -0.15) is 0 Å². The van der Waals surface area contributed by atoms with Crippen LogP contribution in [0, 0.1) is 0 Å². The summed E-state index contributed by atoms with van der Waals surface area (Å²) in [6.07, 6.45) is 0. The minimum absolute atomic E-state index is 1.22. The van der Waals surface area contributed by atoms with Gasteiger partial charge in [0.1, 0.15) is 0 Å². The van der Waals surface area contributed by atoms with E-state index in [0.29, 0.717) is 0 Å². The summed E-state index contributed by atoms with van der Waals surface area (Å²) in [5, 5.41) is 0. The molecule has 0 radical (unpaired) electrons. The number of rotatable bonds is 5. The summed E-state index contributed by atoms with van der Waals surface area (Å²) in [5.41, 5.74) is 12.4. The van der Waals surface area contributed by atoms with Gasteiger partial charge in [0.15, 0.2) is 0 Å². The summed E-state index contributed by atoms with van der Waals surface area (Å²) in [7, 11) is 0. The Labute approximate surface area is 213 Å². The van der Waals surface area contributed by atoms with Crippen LogP contribution in [0.2, 0.25) is 0 Å². The molecule has 6 rings (SSSR count). The molecule has 36 heavy (non-hydrogen) atoms.